The van der Waals surface area contributed by atoms with Crippen LogP contribution in [0.2, 0.25) is 0 Å². The van der Waals surface area contributed by atoms with Crippen LogP contribution in [0, 0.1) is 23.7 Å². The lowest BCUT2D eigenvalue weighted by atomic mass is 9.85. The van der Waals surface area contributed by atoms with Crippen molar-refractivity contribution >= 4 is 52.9 Å². The number of anilines is 1. The van der Waals surface area contributed by atoms with Gasteiger partial charge in [-0.1, -0.05) is 89.9 Å². The van der Waals surface area contributed by atoms with Crippen molar-refractivity contribution in [3.05, 3.63) is 77.9 Å². The fraction of sp³-hybridized carbons (Fsp3) is 0.621. The molecule has 0 aromatic heterocycles. The lowest BCUT2D eigenvalue weighted by Gasteiger charge is -2.40. The number of hydrogen-bond acceptors (Lipinski definition) is 11. The van der Waals surface area contributed by atoms with Gasteiger partial charge < -0.3 is 44.4 Å². The van der Waals surface area contributed by atoms with Gasteiger partial charge in [0, 0.05) is 111 Å². The summed E-state index contributed by atoms with van der Waals surface area (Å²) in [5, 5.41) is 5.94. The molecule has 76 heavy (non-hydrogen) atoms. The Morgan fingerprint density at radius 3 is 2.11 bits per heavy atom. The number of likely N-dealkylation sites (N-methyl/N-ethyl adjacent to an activating group) is 1. The molecule has 2 N–H and O–H groups in total. The Hall–Kier alpha value is -5.98. The summed E-state index contributed by atoms with van der Waals surface area (Å²) in [4.78, 5) is 108. The molecule has 0 spiro atoms. The number of amides is 6. The highest BCUT2D eigenvalue weighted by atomic mass is 16.5. The summed E-state index contributed by atoms with van der Waals surface area (Å²) >= 11 is 0. The Morgan fingerprint density at radius 1 is 0.829 bits per heavy atom. The average molecular weight is 1060 g/mol. The van der Waals surface area contributed by atoms with Crippen molar-refractivity contribution in [2.45, 2.75) is 136 Å². The number of ketones is 1. The number of methoxy groups -OCH3 is 2. The normalized spacial score (nSPS) is 18.8. The topological polar surface area (TPSA) is 200 Å². The van der Waals surface area contributed by atoms with Gasteiger partial charge in [0.1, 0.15) is 11.8 Å². The maximum atomic E-state index is 14.6. The standard InChI is InChI=1S/C58H86N8O10/c1-11-40(4)54(63(8)57(73)53(39(2)3)61-58(62(6)7)64-31-33-76-34-32-64)48(74-9)37-52(71)65-30-18-21-46(65)55(75-10)41(5)47(67)36-44(35-42-19-14-12-15-20-42)56(72)60-45-25-23-43(24-26-45)38-59-49(68)22-16-13-17-29-66-50(69)27-28-51(66)70/h12,14-15,19-20,23-28,39-41,44,46,48,53-55H,11,13,16-18,21-22,29-38H2,1-10H3,(H,59,68)(H,60,72)/t40-,41-,44+,46-,48+,53-,54-,55+/m0/s1. The van der Waals surface area contributed by atoms with Crippen LogP contribution in [0.3, 0.4) is 0 Å². The van der Waals surface area contributed by atoms with Gasteiger partial charge in [-0.3, -0.25) is 38.5 Å². The number of morpholine rings is 1. The predicted molar refractivity (Wildman–Crippen MR) is 293 cm³/mol. The third kappa shape index (κ3) is 17.0. The van der Waals surface area contributed by atoms with E-state index in [1.807, 2.05) is 87.1 Å². The van der Waals surface area contributed by atoms with Crippen LogP contribution >= 0.6 is 0 Å². The van der Waals surface area contributed by atoms with Crippen LogP contribution in [0.25, 0.3) is 0 Å². The van der Waals surface area contributed by atoms with Gasteiger partial charge in [-0.2, -0.15) is 0 Å². The molecule has 2 fully saturated rings. The molecule has 18 heteroatoms. The number of Topliss-reactive ketones (excluding diaryl/α,β-unsaturated/α-hetero) is 1. The zero-order valence-electron chi connectivity index (χ0n) is 46.8. The van der Waals surface area contributed by atoms with Crippen molar-refractivity contribution in [3.63, 3.8) is 0 Å². The smallest absolute Gasteiger partial charge is 0.253 e. The van der Waals surface area contributed by atoms with Gasteiger partial charge in [-0.05, 0) is 67.2 Å². The predicted octanol–water partition coefficient (Wildman–Crippen LogP) is 5.74. The van der Waals surface area contributed by atoms with Crippen LogP contribution in [0.5, 0.6) is 0 Å². The average Bonchev–Trinajstić information content (AvgIpc) is 4.03. The van der Waals surface area contributed by atoms with Crippen LogP contribution in [-0.4, -0.2) is 177 Å². The number of imide groups is 1. The number of rotatable bonds is 28. The lowest BCUT2D eigenvalue weighted by molar-refractivity contribution is -0.146. The van der Waals surface area contributed by atoms with Gasteiger partial charge in [-0.25, -0.2) is 4.99 Å². The van der Waals surface area contributed by atoms with Crippen molar-refractivity contribution in [1.29, 1.82) is 0 Å². The van der Waals surface area contributed by atoms with E-state index in [2.05, 4.69) is 29.4 Å². The highest BCUT2D eigenvalue weighted by Gasteiger charge is 2.43. The Kier molecular flexibility index (Phi) is 24.1. The van der Waals surface area contributed by atoms with Gasteiger partial charge in [0.25, 0.3) is 11.8 Å². The molecular weight excluding hydrogens is 969 g/mol. The van der Waals surface area contributed by atoms with Crippen molar-refractivity contribution in [2.75, 3.05) is 80.1 Å². The summed E-state index contributed by atoms with van der Waals surface area (Å²) < 4.78 is 17.9. The number of likely N-dealkylation sites (tertiary alicyclic amines) is 1. The summed E-state index contributed by atoms with van der Waals surface area (Å²) in [6.45, 7) is 13.6. The van der Waals surface area contributed by atoms with Crippen LogP contribution in [-0.2, 0) is 60.7 Å². The second-order valence-electron chi connectivity index (χ2n) is 21.2. The number of ether oxygens (including phenoxy) is 3. The molecule has 0 unspecified atom stereocenters. The molecule has 418 valence electrons. The maximum Gasteiger partial charge on any atom is 0.253 e. The molecule has 2 saturated heterocycles. The first-order valence-electron chi connectivity index (χ1n) is 27.3. The zero-order valence-corrected chi connectivity index (χ0v) is 46.8. The van der Waals surface area contributed by atoms with E-state index in [-0.39, 0.29) is 65.9 Å². The first-order chi connectivity index (χ1) is 36.4. The largest absolute Gasteiger partial charge is 0.379 e. The van der Waals surface area contributed by atoms with E-state index in [9.17, 15) is 33.6 Å². The van der Waals surface area contributed by atoms with E-state index in [0.29, 0.717) is 90.1 Å². The number of guanidine groups is 1. The van der Waals surface area contributed by atoms with Crippen molar-refractivity contribution < 1.29 is 47.8 Å². The lowest BCUT2D eigenvalue weighted by Crippen LogP contribution is -2.55. The van der Waals surface area contributed by atoms with E-state index in [1.165, 1.54) is 17.1 Å². The van der Waals surface area contributed by atoms with E-state index in [4.69, 9.17) is 19.2 Å². The SMILES string of the molecule is CC[C@H](C)[C@@H]([C@@H](CC(=O)N1CCC[C@H]1[C@H](OC)[C@@H](C)C(=O)C[C@@H](Cc1ccccc1)C(=O)Nc1ccc(CNC(=O)CCCCCN2C(=O)C=CC2=O)cc1)OC)N(C)C(=O)[C@@H](N=C(N(C)C)N1CCOCC1)C(C)C. The molecule has 3 aliphatic rings. The zero-order chi connectivity index (χ0) is 55.5. The fourth-order valence-corrected chi connectivity index (χ4v) is 10.6. The monoisotopic (exact) mass is 1050 g/mol. The maximum absolute atomic E-state index is 14.6. The van der Waals surface area contributed by atoms with Gasteiger partial charge >= 0.3 is 0 Å². The molecule has 0 radical (unpaired) electrons. The number of aliphatic imine (C=N–C) groups is 1. The minimum Gasteiger partial charge on any atom is -0.379 e. The molecule has 2 aromatic rings. The summed E-state index contributed by atoms with van der Waals surface area (Å²) in [5.41, 5.74) is 2.30. The number of hydrogen-bond donors (Lipinski definition) is 2. The van der Waals surface area contributed by atoms with E-state index >= 15 is 0 Å². The van der Waals surface area contributed by atoms with Gasteiger partial charge in [0.05, 0.1) is 43.9 Å². The number of carbonyl (C=O) groups excluding carboxylic acids is 7. The summed E-state index contributed by atoms with van der Waals surface area (Å²) in [6.07, 6.45) is 5.95. The third-order valence-corrected chi connectivity index (χ3v) is 15.2. The molecule has 6 amide bonds. The third-order valence-electron chi connectivity index (χ3n) is 15.2. The minimum absolute atomic E-state index is 0.0167. The second-order valence-corrected chi connectivity index (χ2v) is 21.2. The number of carbonyl (C=O) groups is 7. The molecule has 0 aliphatic carbocycles. The van der Waals surface area contributed by atoms with Crippen LogP contribution < -0.4 is 10.6 Å². The fourth-order valence-electron chi connectivity index (χ4n) is 10.6. The minimum atomic E-state index is -0.711. The Morgan fingerprint density at radius 2 is 1.50 bits per heavy atom. The summed E-state index contributed by atoms with van der Waals surface area (Å²) in [7, 11) is 8.82. The van der Waals surface area contributed by atoms with Crippen molar-refractivity contribution in [1.82, 2.24) is 29.8 Å². The molecule has 3 aliphatic heterocycles. The Balaban J connectivity index is 1.21. The first kappa shape index (κ1) is 60.9. The number of benzene rings is 2. The summed E-state index contributed by atoms with van der Waals surface area (Å²) in [5.74, 6) is -2.21. The molecule has 0 bridgehead atoms. The molecule has 2 aromatic carbocycles. The quantitative estimate of drug-likeness (QED) is 0.0454. The van der Waals surface area contributed by atoms with Crippen LogP contribution in [0.4, 0.5) is 5.69 Å². The van der Waals surface area contributed by atoms with E-state index < -0.39 is 42.2 Å². The van der Waals surface area contributed by atoms with Crippen molar-refractivity contribution in [3.8, 4) is 0 Å². The molecule has 18 nitrogen and oxygen atoms in total. The van der Waals surface area contributed by atoms with Gasteiger partial charge in [-0.15, -0.1) is 0 Å². The summed E-state index contributed by atoms with van der Waals surface area (Å²) in [6, 6.07) is 15.3. The van der Waals surface area contributed by atoms with Crippen LogP contribution in [0.1, 0.15) is 104 Å². The highest BCUT2D eigenvalue weighted by molar-refractivity contribution is 6.12. The van der Waals surface area contributed by atoms with Gasteiger partial charge in [0.2, 0.25) is 23.6 Å². The van der Waals surface area contributed by atoms with E-state index in [0.717, 1.165) is 29.9 Å². The Bertz CT molecular complexity index is 2280. The van der Waals surface area contributed by atoms with Gasteiger partial charge in [0.15, 0.2) is 5.96 Å². The van der Waals surface area contributed by atoms with Crippen LogP contribution in [0.15, 0.2) is 71.7 Å². The number of nitrogens with zero attached hydrogens (tertiary/aromatic N) is 6. The van der Waals surface area contributed by atoms with Crippen molar-refractivity contribution in [2.24, 2.45) is 28.7 Å². The number of nitrogens with one attached hydrogen (secondary N) is 2. The molecule has 0 saturated carbocycles. The van der Waals surface area contributed by atoms with E-state index in [1.54, 1.807) is 38.3 Å². The Labute approximate surface area is 451 Å². The molecule has 3 heterocycles. The molecule has 8 atom stereocenters. The number of unbranched alkanes of at least 4 members (excludes halogenated alkanes) is 2. The molecular formula is C58H86N8O10. The first-order valence-corrected chi connectivity index (χ1v) is 27.3. The molecule has 5 rings (SSSR count). The second kappa shape index (κ2) is 30.1. The highest BCUT2D eigenvalue weighted by Crippen LogP contribution is 2.31.